The number of anilines is 1. The Hall–Kier alpha value is -1.35. The van der Waals surface area contributed by atoms with E-state index in [0.717, 1.165) is 5.69 Å². The van der Waals surface area contributed by atoms with Gasteiger partial charge >= 0.3 is 0 Å². The minimum absolute atomic E-state index is 0.164. The Balaban J connectivity index is 1.87. The second kappa shape index (κ2) is 4.88. The molecule has 1 heterocycles. The summed E-state index contributed by atoms with van der Waals surface area (Å²) in [5.41, 5.74) is 2.65. The number of amides is 1. The average molecular weight is 272 g/mol. The highest BCUT2D eigenvalue weighted by Gasteiger charge is 2.38. The molecular formula is C17H24N2O. The van der Waals surface area contributed by atoms with E-state index in [1.165, 1.54) is 24.8 Å². The van der Waals surface area contributed by atoms with Crippen molar-refractivity contribution in [3.8, 4) is 0 Å². The van der Waals surface area contributed by atoms with Gasteiger partial charge in [-0.15, -0.1) is 0 Å². The summed E-state index contributed by atoms with van der Waals surface area (Å²) in [7, 11) is 1.87. The van der Waals surface area contributed by atoms with Gasteiger partial charge in [-0.25, -0.2) is 0 Å². The van der Waals surface area contributed by atoms with E-state index < -0.39 is 0 Å². The minimum Gasteiger partial charge on any atom is -0.315 e. The lowest BCUT2D eigenvalue weighted by Crippen LogP contribution is -2.44. The minimum atomic E-state index is 0.164. The van der Waals surface area contributed by atoms with Gasteiger partial charge in [0.15, 0.2) is 0 Å². The second-order valence-corrected chi connectivity index (χ2v) is 6.87. The van der Waals surface area contributed by atoms with Gasteiger partial charge in [0.05, 0.1) is 0 Å². The van der Waals surface area contributed by atoms with Gasteiger partial charge in [-0.05, 0) is 29.9 Å². The summed E-state index contributed by atoms with van der Waals surface area (Å²) in [6.07, 6.45) is 4.34. The van der Waals surface area contributed by atoms with E-state index >= 15 is 0 Å². The molecule has 0 saturated heterocycles. The van der Waals surface area contributed by atoms with Crippen molar-refractivity contribution >= 4 is 11.6 Å². The van der Waals surface area contributed by atoms with Crippen molar-refractivity contribution in [2.24, 2.45) is 5.41 Å². The van der Waals surface area contributed by atoms with Gasteiger partial charge in [-0.2, -0.15) is 0 Å². The molecule has 3 nitrogen and oxygen atoms in total. The summed E-state index contributed by atoms with van der Waals surface area (Å²) >= 11 is 0. The van der Waals surface area contributed by atoms with Crippen LogP contribution in [0, 0.1) is 5.41 Å². The van der Waals surface area contributed by atoms with Crippen molar-refractivity contribution in [1.29, 1.82) is 0 Å². The zero-order valence-corrected chi connectivity index (χ0v) is 12.6. The van der Waals surface area contributed by atoms with Crippen molar-refractivity contribution < 1.29 is 4.79 Å². The fourth-order valence-corrected chi connectivity index (χ4v) is 3.67. The third-order valence-electron chi connectivity index (χ3n) is 5.09. The van der Waals surface area contributed by atoms with Gasteiger partial charge in [-0.1, -0.05) is 38.5 Å². The van der Waals surface area contributed by atoms with Crippen LogP contribution >= 0.6 is 0 Å². The quantitative estimate of drug-likeness (QED) is 0.896. The molecule has 1 aliphatic carbocycles. The van der Waals surface area contributed by atoms with Gasteiger partial charge in [0.2, 0.25) is 5.91 Å². The van der Waals surface area contributed by atoms with Crippen molar-refractivity contribution in [3.05, 3.63) is 29.8 Å². The number of nitrogens with one attached hydrogen (secondary N) is 1. The molecule has 3 rings (SSSR count). The fourth-order valence-electron chi connectivity index (χ4n) is 3.67. The van der Waals surface area contributed by atoms with E-state index in [9.17, 15) is 4.79 Å². The van der Waals surface area contributed by atoms with E-state index in [0.29, 0.717) is 17.9 Å². The van der Waals surface area contributed by atoms with E-state index in [1.807, 2.05) is 19.2 Å². The highest BCUT2D eigenvalue weighted by Crippen LogP contribution is 2.40. The third-order valence-corrected chi connectivity index (χ3v) is 5.09. The normalized spacial score (nSPS) is 28.6. The van der Waals surface area contributed by atoms with Crippen molar-refractivity contribution in [2.45, 2.75) is 51.6 Å². The number of benzene rings is 1. The molecule has 2 aliphatic rings. The van der Waals surface area contributed by atoms with Gasteiger partial charge < -0.3 is 10.2 Å². The van der Waals surface area contributed by atoms with E-state index in [1.54, 1.807) is 4.90 Å². The van der Waals surface area contributed by atoms with Crippen LogP contribution in [0.15, 0.2) is 24.3 Å². The molecule has 1 aliphatic heterocycles. The maximum Gasteiger partial charge on any atom is 0.228 e. The second-order valence-electron chi connectivity index (χ2n) is 6.87. The van der Waals surface area contributed by atoms with Crippen LogP contribution < -0.4 is 10.2 Å². The third kappa shape index (κ3) is 2.24. The van der Waals surface area contributed by atoms with E-state index in [-0.39, 0.29) is 11.9 Å². The number of nitrogens with zero attached hydrogens (tertiary/aromatic N) is 1. The summed E-state index contributed by atoms with van der Waals surface area (Å²) in [5.74, 6) is 0.206. The lowest BCUT2D eigenvalue weighted by atomic mass is 9.85. The Kier molecular flexibility index (Phi) is 3.33. The summed E-state index contributed by atoms with van der Waals surface area (Å²) in [6, 6.07) is 8.94. The Morgan fingerprint density at radius 1 is 1.30 bits per heavy atom. The largest absolute Gasteiger partial charge is 0.315 e. The summed E-state index contributed by atoms with van der Waals surface area (Å²) < 4.78 is 0. The molecule has 0 spiro atoms. The summed E-state index contributed by atoms with van der Waals surface area (Å²) in [5, 5.41) is 3.77. The van der Waals surface area contributed by atoms with Crippen LogP contribution in [0.2, 0.25) is 0 Å². The molecule has 1 aromatic carbocycles. The molecule has 1 amide bonds. The standard InChI is InChI=1S/C17H24N2O/c1-17(2)10-6-9-15(17)18-13-11-16(20)19(3)14-8-5-4-7-12(13)14/h4-5,7-8,13,15,18H,6,9-11H2,1-3H3. The molecule has 108 valence electrons. The Bertz CT molecular complexity index is 523. The highest BCUT2D eigenvalue weighted by molar-refractivity contribution is 5.96. The lowest BCUT2D eigenvalue weighted by molar-refractivity contribution is -0.119. The number of fused-ring (bicyclic) bond motifs is 1. The predicted molar refractivity (Wildman–Crippen MR) is 81.8 cm³/mol. The maximum atomic E-state index is 12.2. The van der Waals surface area contributed by atoms with Crippen molar-refractivity contribution in [2.75, 3.05) is 11.9 Å². The van der Waals surface area contributed by atoms with Crippen LogP contribution in [0.1, 0.15) is 51.1 Å². The molecule has 1 N–H and O–H groups in total. The van der Waals surface area contributed by atoms with Crippen molar-refractivity contribution in [1.82, 2.24) is 5.32 Å². The first-order chi connectivity index (χ1) is 9.49. The molecule has 1 fully saturated rings. The molecule has 2 unspecified atom stereocenters. The number of rotatable bonds is 2. The molecule has 1 saturated carbocycles. The Morgan fingerprint density at radius 3 is 2.75 bits per heavy atom. The number of hydrogen-bond acceptors (Lipinski definition) is 2. The van der Waals surface area contributed by atoms with Crippen molar-refractivity contribution in [3.63, 3.8) is 0 Å². The fraction of sp³-hybridized carbons (Fsp3) is 0.588. The molecular weight excluding hydrogens is 248 g/mol. The Labute approximate surface area is 121 Å². The molecule has 2 atom stereocenters. The van der Waals surface area contributed by atoms with Gasteiger partial charge in [-0.3, -0.25) is 4.79 Å². The molecule has 0 radical (unpaired) electrons. The van der Waals surface area contributed by atoms with Gasteiger partial charge in [0.1, 0.15) is 0 Å². The molecule has 3 heteroatoms. The zero-order valence-electron chi connectivity index (χ0n) is 12.6. The lowest BCUT2D eigenvalue weighted by Gasteiger charge is -2.37. The number of hydrogen-bond donors (Lipinski definition) is 1. The number of para-hydroxylation sites is 1. The topological polar surface area (TPSA) is 32.3 Å². The summed E-state index contributed by atoms with van der Waals surface area (Å²) in [4.78, 5) is 14.0. The van der Waals surface area contributed by atoms with Crippen LogP contribution in [-0.2, 0) is 4.79 Å². The van der Waals surface area contributed by atoms with E-state index in [4.69, 9.17) is 0 Å². The molecule has 0 aromatic heterocycles. The highest BCUT2D eigenvalue weighted by atomic mass is 16.2. The van der Waals surface area contributed by atoms with Crippen LogP contribution in [-0.4, -0.2) is 19.0 Å². The predicted octanol–water partition coefficient (Wildman–Crippen LogP) is 3.26. The molecule has 20 heavy (non-hydrogen) atoms. The van der Waals surface area contributed by atoms with Crippen LogP contribution in [0.4, 0.5) is 5.69 Å². The van der Waals surface area contributed by atoms with Crippen LogP contribution in [0.25, 0.3) is 0 Å². The van der Waals surface area contributed by atoms with Crippen LogP contribution in [0.3, 0.4) is 0 Å². The Morgan fingerprint density at radius 2 is 2.05 bits per heavy atom. The monoisotopic (exact) mass is 272 g/mol. The van der Waals surface area contributed by atoms with E-state index in [2.05, 4.69) is 31.3 Å². The molecule has 1 aromatic rings. The summed E-state index contributed by atoms with van der Waals surface area (Å²) in [6.45, 7) is 4.67. The number of carbonyl (C=O) groups is 1. The maximum absolute atomic E-state index is 12.2. The average Bonchev–Trinajstić information content (AvgIpc) is 2.75. The van der Waals surface area contributed by atoms with Gasteiger partial charge in [0.25, 0.3) is 0 Å². The first kappa shape index (κ1) is 13.6. The molecule has 0 bridgehead atoms. The number of carbonyl (C=O) groups excluding carboxylic acids is 1. The first-order valence-corrected chi connectivity index (χ1v) is 7.60. The zero-order chi connectivity index (χ0) is 14.3. The smallest absolute Gasteiger partial charge is 0.228 e. The first-order valence-electron chi connectivity index (χ1n) is 7.60. The van der Waals surface area contributed by atoms with Gasteiger partial charge in [0, 0.05) is 31.2 Å². The van der Waals surface area contributed by atoms with Crippen LogP contribution in [0.5, 0.6) is 0 Å². The SMILES string of the molecule is CN1C(=O)CC(NC2CCCC2(C)C)c2ccccc21.